The molecule has 0 spiro atoms. The lowest BCUT2D eigenvalue weighted by Gasteiger charge is -2.01. The normalized spacial score (nSPS) is 12.9. The van der Waals surface area contributed by atoms with Crippen LogP contribution >= 0.6 is 0 Å². The Balaban J connectivity index is 2.17. The minimum absolute atomic E-state index is 0.209. The van der Waals surface area contributed by atoms with Gasteiger partial charge < -0.3 is 10.3 Å². The van der Waals surface area contributed by atoms with Gasteiger partial charge in [-0.2, -0.15) is 10.1 Å². The summed E-state index contributed by atoms with van der Waals surface area (Å²) in [7, 11) is 0. The van der Waals surface area contributed by atoms with Crippen LogP contribution in [0, 0.1) is 0 Å². The van der Waals surface area contributed by atoms with Gasteiger partial charge in [0.15, 0.2) is 5.82 Å². The van der Waals surface area contributed by atoms with Gasteiger partial charge in [-0.1, -0.05) is 18.5 Å². The van der Waals surface area contributed by atoms with Crippen molar-refractivity contribution >= 4 is 0 Å². The van der Waals surface area contributed by atoms with Crippen LogP contribution in [0.5, 0.6) is 0 Å². The Labute approximate surface area is 86.1 Å². The molecule has 0 radical (unpaired) electrons. The molecule has 0 saturated heterocycles. The van der Waals surface area contributed by atoms with E-state index in [1.807, 2.05) is 6.92 Å². The standard InChI is InChI=1S/C8H12N6O/c1-2-3-5(9)8-12-7(14-15-8)6-10-4-11-13-6/h4-5H,2-3,9H2,1H3,(H,10,11,13)/t5-/m1/s1. The summed E-state index contributed by atoms with van der Waals surface area (Å²) in [6.45, 7) is 2.05. The first-order valence-corrected chi connectivity index (χ1v) is 4.76. The zero-order valence-corrected chi connectivity index (χ0v) is 8.34. The zero-order chi connectivity index (χ0) is 10.7. The minimum atomic E-state index is -0.209. The van der Waals surface area contributed by atoms with Crippen molar-refractivity contribution < 1.29 is 4.52 Å². The second-order valence-corrected chi connectivity index (χ2v) is 3.19. The molecule has 0 unspecified atom stereocenters. The number of nitrogens with two attached hydrogens (primary N) is 1. The van der Waals surface area contributed by atoms with Gasteiger partial charge in [0, 0.05) is 0 Å². The molecule has 0 amide bonds. The Morgan fingerprint density at radius 1 is 1.60 bits per heavy atom. The molecule has 0 saturated carbocycles. The molecule has 7 nitrogen and oxygen atoms in total. The molecule has 0 aromatic carbocycles. The van der Waals surface area contributed by atoms with E-state index in [4.69, 9.17) is 10.3 Å². The molecule has 15 heavy (non-hydrogen) atoms. The average molecular weight is 208 g/mol. The Bertz CT molecular complexity index is 408. The maximum Gasteiger partial charge on any atom is 0.243 e. The first kappa shape index (κ1) is 9.78. The second kappa shape index (κ2) is 4.18. The molecular weight excluding hydrogens is 196 g/mol. The fourth-order valence-electron chi connectivity index (χ4n) is 1.23. The van der Waals surface area contributed by atoms with Crippen molar-refractivity contribution in [1.29, 1.82) is 0 Å². The Hall–Kier alpha value is -1.76. The number of nitrogens with zero attached hydrogens (tertiary/aromatic N) is 4. The first-order chi connectivity index (χ1) is 7.31. The number of hydrogen-bond acceptors (Lipinski definition) is 6. The van der Waals surface area contributed by atoms with Gasteiger partial charge in [-0.05, 0) is 6.42 Å². The largest absolute Gasteiger partial charge is 0.337 e. The maximum atomic E-state index is 5.83. The predicted octanol–water partition coefficient (Wildman–Crippen LogP) is 0.655. The van der Waals surface area contributed by atoms with Crippen molar-refractivity contribution in [3.63, 3.8) is 0 Å². The fraction of sp³-hybridized carbons (Fsp3) is 0.500. The topological polar surface area (TPSA) is 107 Å². The van der Waals surface area contributed by atoms with Crippen molar-refractivity contribution in [2.75, 3.05) is 0 Å². The van der Waals surface area contributed by atoms with E-state index >= 15 is 0 Å². The van der Waals surface area contributed by atoms with E-state index in [2.05, 4.69) is 25.3 Å². The van der Waals surface area contributed by atoms with E-state index in [-0.39, 0.29) is 6.04 Å². The molecule has 2 rings (SSSR count). The summed E-state index contributed by atoms with van der Waals surface area (Å²) in [4.78, 5) is 8.05. The summed E-state index contributed by atoms with van der Waals surface area (Å²) < 4.78 is 5.03. The average Bonchev–Trinajstić information content (AvgIpc) is 2.89. The molecule has 1 atom stereocenters. The molecule has 0 aliphatic rings. The van der Waals surface area contributed by atoms with E-state index < -0.39 is 0 Å². The Morgan fingerprint density at radius 3 is 3.13 bits per heavy atom. The van der Waals surface area contributed by atoms with E-state index in [0.29, 0.717) is 17.5 Å². The number of nitrogens with one attached hydrogen (secondary N) is 1. The van der Waals surface area contributed by atoms with Crippen molar-refractivity contribution in [2.45, 2.75) is 25.8 Å². The van der Waals surface area contributed by atoms with Crippen LogP contribution in [0.3, 0.4) is 0 Å². The van der Waals surface area contributed by atoms with E-state index in [1.54, 1.807) is 0 Å². The molecule has 0 aliphatic carbocycles. The molecule has 3 N–H and O–H groups in total. The highest BCUT2D eigenvalue weighted by Crippen LogP contribution is 2.16. The molecule has 0 bridgehead atoms. The first-order valence-electron chi connectivity index (χ1n) is 4.76. The molecule has 0 aliphatic heterocycles. The van der Waals surface area contributed by atoms with Gasteiger partial charge >= 0.3 is 0 Å². The highest BCUT2D eigenvalue weighted by atomic mass is 16.5. The van der Waals surface area contributed by atoms with Crippen LogP contribution in [0.4, 0.5) is 0 Å². The lowest BCUT2D eigenvalue weighted by atomic mass is 10.2. The van der Waals surface area contributed by atoms with Crippen LogP contribution in [0.2, 0.25) is 0 Å². The molecule has 80 valence electrons. The highest BCUT2D eigenvalue weighted by molar-refractivity contribution is 5.39. The van der Waals surface area contributed by atoms with Crippen LogP contribution in [-0.2, 0) is 0 Å². The Kier molecular flexibility index (Phi) is 2.72. The quantitative estimate of drug-likeness (QED) is 0.764. The van der Waals surface area contributed by atoms with Crippen LogP contribution in [0.25, 0.3) is 11.6 Å². The second-order valence-electron chi connectivity index (χ2n) is 3.19. The van der Waals surface area contributed by atoms with Crippen LogP contribution in [0.15, 0.2) is 10.9 Å². The number of aromatic amines is 1. The summed E-state index contributed by atoms with van der Waals surface area (Å²) in [5.41, 5.74) is 5.83. The van der Waals surface area contributed by atoms with Crippen molar-refractivity contribution in [3.8, 4) is 11.6 Å². The van der Waals surface area contributed by atoms with Crippen LogP contribution in [0.1, 0.15) is 31.7 Å². The smallest absolute Gasteiger partial charge is 0.243 e. The maximum absolute atomic E-state index is 5.83. The number of rotatable bonds is 4. The van der Waals surface area contributed by atoms with Gasteiger partial charge in [-0.3, -0.25) is 5.10 Å². The summed E-state index contributed by atoms with van der Waals surface area (Å²) in [5.74, 6) is 1.30. The molecular formula is C8H12N6O. The minimum Gasteiger partial charge on any atom is -0.337 e. The van der Waals surface area contributed by atoms with Crippen LogP contribution < -0.4 is 5.73 Å². The van der Waals surface area contributed by atoms with Crippen molar-refractivity contribution in [1.82, 2.24) is 25.3 Å². The summed E-state index contributed by atoms with van der Waals surface area (Å²) in [5, 5.41) is 10.1. The summed E-state index contributed by atoms with van der Waals surface area (Å²) >= 11 is 0. The zero-order valence-electron chi connectivity index (χ0n) is 8.34. The fourth-order valence-corrected chi connectivity index (χ4v) is 1.23. The highest BCUT2D eigenvalue weighted by Gasteiger charge is 2.15. The van der Waals surface area contributed by atoms with Crippen LogP contribution in [-0.4, -0.2) is 25.3 Å². The predicted molar refractivity (Wildman–Crippen MR) is 51.5 cm³/mol. The van der Waals surface area contributed by atoms with E-state index in [1.165, 1.54) is 6.33 Å². The third-order valence-corrected chi connectivity index (χ3v) is 1.99. The monoisotopic (exact) mass is 208 g/mol. The number of hydrogen-bond donors (Lipinski definition) is 2. The van der Waals surface area contributed by atoms with Gasteiger partial charge in [0.25, 0.3) is 0 Å². The molecule has 2 heterocycles. The van der Waals surface area contributed by atoms with E-state index in [0.717, 1.165) is 12.8 Å². The van der Waals surface area contributed by atoms with Gasteiger partial charge in [0.05, 0.1) is 6.04 Å². The van der Waals surface area contributed by atoms with Crippen molar-refractivity contribution in [2.24, 2.45) is 5.73 Å². The van der Waals surface area contributed by atoms with E-state index in [9.17, 15) is 0 Å². The SMILES string of the molecule is CCC[C@@H](N)c1nc(-c2ncn[nH]2)no1. The van der Waals surface area contributed by atoms with Gasteiger partial charge in [0.2, 0.25) is 11.7 Å². The number of H-pyrrole nitrogens is 1. The third-order valence-electron chi connectivity index (χ3n) is 1.99. The van der Waals surface area contributed by atoms with Crippen molar-refractivity contribution in [3.05, 3.63) is 12.2 Å². The molecule has 2 aromatic heterocycles. The summed E-state index contributed by atoms with van der Waals surface area (Å²) in [6, 6.07) is -0.209. The van der Waals surface area contributed by atoms with Gasteiger partial charge in [0.1, 0.15) is 6.33 Å². The van der Waals surface area contributed by atoms with Gasteiger partial charge in [-0.25, -0.2) is 4.98 Å². The third kappa shape index (κ3) is 2.01. The molecule has 0 fully saturated rings. The summed E-state index contributed by atoms with van der Waals surface area (Å²) in [6.07, 6.45) is 3.18. The molecule has 2 aromatic rings. The lowest BCUT2D eigenvalue weighted by Crippen LogP contribution is -2.09. The number of aromatic nitrogens is 5. The Morgan fingerprint density at radius 2 is 2.47 bits per heavy atom. The molecule has 7 heteroatoms. The lowest BCUT2D eigenvalue weighted by molar-refractivity contribution is 0.348. The van der Waals surface area contributed by atoms with Gasteiger partial charge in [-0.15, -0.1) is 0 Å².